The molecule has 1 aromatic carbocycles. The van der Waals surface area contributed by atoms with Gasteiger partial charge in [0.2, 0.25) is 0 Å². The van der Waals surface area contributed by atoms with Crippen molar-refractivity contribution >= 4 is 16.1 Å². The van der Waals surface area contributed by atoms with E-state index in [1.54, 1.807) is 0 Å². The molecule has 0 aliphatic heterocycles. The molecule has 1 aromatic rings. The molecule has 7 heteroatoms. The van der Waals surface area contributed by atoms with E-state index in [0.717, 1.165) is 31.4 Å². The molecule has 0 amide bonds. The summed E-state index contributed by atoms with van der Waals surface area (Å²) in [4.78, 5) is 11.3. The van der Waals surface area contributed by atoms with Gasteiger partial charge in [-0.05, 0) is 30.7 Å². The summed E-state index contributed by atoms with van der Waals surface area (Å²) in [5.74, 6) is -0.0911. The van der Waals surface area contributed by atoms with Crippen LogP contribution in [-0.4, -0.2) is 18.9 Å². The molecule has 0 unspecified atom stereocenters. The molecule has 1 rings (SSSR count). The second-order valence-electron chi connectivity index (χ2n) is 5.27. The fourth-order valence-electron chi connectivity index (χ4n) is 2.08. The molecule has 0 atom stereocenters. The summed E-state index contributed by atoms with van der Waals surface area (Å²) in [6, 6.07) is 4.90. The topological polar surface area (TPSA) is 83.5 Å². The summed E-state index contributed by atoms with van der Waals surface area (Å²) in [7, 11) is -4.47. The van der Waals surface area contributed by atoms with Gasteiger partial charge in [0, 0.05) is 6.42 Å². The summed E-state index contributed by atoms with van der Waals surface area (Å²) in [5, 5.41) is 0. The van der Waals surface area contributed by atoms with Gasteiger partial charge in [-0.25, -0.2) is 8.42 Å². The normalized spacial score (nSPS) is 10.9. The van der Waals surface area contributed by atoms with Gasteiger partial charge in [0.15, 0.2) is 0 Å². The van der Waals surface area contributed by atoms with Crippen molar-refractivity contribution in [1.29, 1.82) is 0 Å². The minimum atomic E-state index is -4.47. The molecule has 124 valence electrons. The van der Waals surface area contributed by atoms with E-state index < -0.39 is 10.1 Å². The number of benzene rings is 1. The third-order valence-corrected chi connectivity index (χ3v) is 4.18. The van der Waals surface area contributed by atoms with Crippen LogP contribution < -0.4 is 34.3 Å². The van der Waals surface area contributed by atoms with E-state index in [4.69, 9.17) is 4.74 Å². The molecule has 0 N–H and O–H groups in total. The Balaban J connectivity index is 0.00000484. The zero-order chi connectivity index (χ0) is 16.4. The fourth-order valence-corrected chi connectivity index (χ4v) is 2.55. The smallest absolute Gasteiger partial charge is 0.744 e. The Morgan fingerprint density at radius 2 is 1.52 bits per heavy atom. The van der Waals surface area contributed by atoms with Crippen molar-refractivity contribution < 1.29 is 52.1 Å². The standard InChI is InChI=1S/C16H24O5S.Na/c1-2-3-4-5-6-7-8-9-16(17)21-14-10-12-15(13-11-14)22(18,19)20;/h10-13H,2-9H2,1H3,(H,18,19,20);/q;+1/p-1. The Kier molecular flexibility index (Phi) is 11.8. The Labute approximate surface area is 160 Å². The van der Waals surface area contributed by atoms with Gasteiger partial charge in [-0.1, -0.05) is 45.4 Å². The minimum Gasteiger partial charge on any atom is -0.744 e. The van der Waals surface area contributed by atoms with Gasteiger partial charge in [-0.15, -0.1) is 0 Å². The molecule has 5 nitrogen and oxygen atoms in total. The van der Waals surface area contributed by atoms with Gasteiger partial charge in [0.25, 0.3) is 0 Å². The van der Waals surface area contributed by atoms with E-state index in [0.29, 0.717) is 6.42 Å². The molecule has 0 aromatic heterocycles. The molecule has 0 saturated carbocycles. The molecule has 0 spiro atoms. The molecule has 0 heterocycles. The van der Waals surface area contributed by atoms with Crippen LogP contribution in [0.4, 0.5) is 0 Å². The van der Waals surface area contributed by atoms with Gasteiger partial charge in [0.05, 0.1) is 4.90 Å². The number of carbonyl (C=O) groups is 1. The number of unbranched alkanes of at least 4 members (excludes halogenated alkanes) is 6. The van der Waals surface area contributed by atoms with Crippen molar-refractivity contribution in [1.82, 2.24) is 0 Å². The predicted octanol–water partition coefficient (Wildman–Crippen LogP) is 0.641. The van der Waals surface area contributed by atoms with Crippen LogP contribution in [-0.2, 0) is 14.9 Å². The van der Waals surface area contributed by atoms with Crippen molar-refractivity contribution in [3.63, 3.8) is 0 Å². The first-order chi connectivity index (χ1) is 10.4. The van der Waals surface area contributed by atoms with Gasteiger partial charge >= 0.3 is 35.5 Å². The molecular formula is C16H23NaO5S. The van der Waals surface area contributed by atoms with E-state index in [2.05, 4.69) is 6.92 Å². The minimum absolute atomic E-state index is 0. The number of esters is 1. The Morgan fingerprint density at radius 3 is 2.04 bits per heavy atom. The Bertz CT molecular complexity index is 554. The molecule has 23 heavy (non-hydrogen) atoms. The zero-order valence-electron chi connectivity index (χ0n) is 13.9. The number of carbonyl (C=O) groups excluding carboxylic acids is 1. The first kappa shape index (κ1) is 22.6. The van der Waals surface area contributed by atoms with E-state index >= 15 is 0 Å². The van der Waals surface area contributed by atoms with Crippen molar-refractivity contribution in [2.45, 2.75) is 63.2 Å². The van der Waals surface area contributed by atoms with E-state index in [1.807, 2.05) is 0 Å². The summed E-state index contributed by atoms with van der Waals surface area (Å²) in [6.45, 7) is 2.18. The van der Waals surface area contributed by atoms with Crippen LogP contribution in [0.3, 0.4) is 0 Å². The molecule has 0 saturated heterocycles. The van der Waals surface area contributed by atoms with Crippen LogP contribution in [0.2, 0.25) is 0 Å². The van der Waals surface area contributed by atoms with Gasteiger partial charge in [-0.2, -0.15) is 0 Å². The second-order valence-corrected chi connectivity index (χ2v) is 6.65. The molecule has 0 aliphatic carbocycles. The monoisotopic (exact) mass is 350 g/mol. The maximum absolute atomic E-state index is 11.6. The molecule has 0 radical (unpaired) electrons. The van der Waals surface area contributed by atoms with Crippen LogP contribution in [0.25, 0.3) is 0 Å². The quantitative estimate of drug-likeness (QED) is 0.203. The Hall–Kier alpha value is -0.400. The van der Waals surface area contributed by atoms with Crippen LogP contribution in [0, 0.1) is 0 Å². The van der Waals surface area contributed by atoms with Gasteiger partial charge < -0.3 is 9.29 Å². The van der Waals surface area contributed by atoms with Crippen LogP contribution in [0.15, 0.2) is 29.2 Å². The summed E-state index contributed by atoms with van der Waals surface area (Å²) in [6.07, 6.45) is 8.20. The number of ether oxygens (including phenoxy) is 1. The van der Waals surface area contributed by atoms with Crippen LogP contribution >= 0.6 is 0 Å². The first-order valence-electron chi connectivity index (χ1n) is 7.70. The van der Waals surface area contributed by atoms with Gasteiger partial charge in [-0.3, -0.25) is 4.79 Å². The van der Waals surface area contributed by atoms with Crippen LogP contribution in [0.1, 0.15) is 58.3 Å². The largest absolute Gasteiger partial charge is 1.00 e. The van der Waals surface area contributed by atoms with Crippen molar-refractivity contribution in [3.8, 4) is 5.75 Å². The van der Waals surface area contributed by atoms with E-state index in [1.165, 1.54) is 37.8 Å². The van der Waals surface area contributed by atoms with Crippen LogP contribution in [0.5, 0.6) is 5.75 Å². The number of hydrogen-bond donors (Lipinski definition) is 0. The van der Waals surface area contributed by atoms with Crippen molar-refractivity contribution in [2.24, 2.45) is 0 Å². The zero-order valence-corrected chi connectivity index (χ0v) is 16.7. The third-order valence-electron chi connectivity index (χ3n) is 3.33. The summed E-state index contributed by atoms with van der Waals surface area (Å²) >= 11 is 0. The molecule has 0 bridgehead atoms. The first-order valence-corrected chi connectivity index (χ1v) is 9.11. The van der Waals surface area contributed by atoms with Gasteiger partial charge in [0.1, 0.15) is 15.9 Å². The van der Waals surface area contributed by atoms with E-state index in [-0.39, 0.29) is 46.2 Å². The predicted molar refractivity (Wildman–Crippen MR) is 82.7 cm³/mol. The van der Waals surface area contributed by atoms with Crippen molar-refractivity contribution in [3.05, 3.63) is 24.3 Å². The van der Waals surface area contributed by atoms with E-state index in [9.17, 15) is 17.8 Å². The summed E-state index contributed by atoms with van der Waals surface area (Å²) < 4.78 is 37.4. The molecule has 0 aliphatic rings. The number of rotatable bonds is 10. The number of hydrogen-bond acceptors (Lipinski definition) is 5. The maximum Gasteiger partial charge on any atom is 1.00 e. The fraction of sp³-hybridized carbons (Fsp3) is 0.562. The average molecular weight is 350 g/mol. The average Bonchev–Trinajstić information content (AvgIpc) is 2.46. The molecule has 0 fully saturated rings. The van der Waals surface area contributed by atoms with Crippen molar-refractivity contribution in [2.75, 3.05) is 0 Å². The SMILES string of the molecule is CCCCCCCCCC(=O)Oc1ccc(S(=O)(=O)[O-])cc1.[Na+]. The summed E-state index contributed by atoms with van der Waals surface area (Å²) in [5.41, 5.74) is 0. The maximum atomic E-state index is 11.6. The molecular weight excluding hydrogens is 327 g/mol. The second kappa shape index (κ2) is 12.0. The Morgan fingerprint density at radius 1 is 1.00 bits per heavy atom. The third kappa shape index (κ3) is 10.1.